The third-order valence-electron chi connectivity index (χ3n) is 7.82. The molecule has 1 aromatic heterocycles. The Bertz CT molecular complexity index is 1670. The summed E-state index contributed by atoms with van der Waals surface area (Å²) in [6.07, 6.45) is 2.37. The van der Waals surface area contributed by atoms with Crippen molar-refractivity contribution in [2.45, 2.75) is 32.4 Å². The maximum atomic E-state index is 13.7. The number of ether oxygens (including phenoxy) is 2. The van der Waals surface area contributed by atoms with Gasteiger partial charge in [-0.05, 0) is 66.1 Å². The van der Waals surface area contributed by atoms with Gasteiger partial charge in [-0.1, -0.05) is 24.3 Å². The van der Waals surface area contributed by atoms with Crippen molar-refractivity contribution >= 4 is 28.9 Å². The minimum Gasteiger partial charge on any atom is -0.491 e. The van der Waals surface area contributed by atoms with E-state index in [1.165, 1.54) is 19.2 Å². The molecule has 2 N–H and O–H groups in total. The number of Topliss-reactive ketones (excluding diaryl/α,β-unsaturated/α-hetero) is 1. The van der Waals surface area contributed by atoms with Crippen LogP contribution in [0.4, 0.5) is 15.1 Å². The number of nitrogens with one attached hydrogen (secondary N) is 2. The first-order valence-electron chi connectivity index (χ1n) is 14.0. The summed E-state index contributed by atoms with van der Waals surface area (Å²) < 4.78 is 24.5. The number of amides is 1. The van der Waals surface area contributed by atoms with E-state index in [0.29, 0.717) is 45.0 Å². The number of H-pyrrole nitrogens is 1. The molecular weight excluding hydrogens is 537 g/mol. The van der Waals surface area contributed by atoms with Gasteiger partial charge in [-0.25, -0.2) is 14.2 Å². The second-order valence-corrected chi connectivity index (χ2v) is 10.4. The summed E-state index contributed by atoms with van der Waals surface area (Å²) in [5.41, 5.74) is 5.50. The fourth-order valence-electron chi connectivity index (χ4n) is 5.78. The highest BCUT2D eigenvalue weighted by molar-refractivity contribution is 5.88. The summed E-state index contributed by atoms with van der Waals surface area (Å²) in [6, 6.07) is 18.4. The van der Waals surface area contributed by atoms with E-state index >= 15 is 0 Å². The van der Waals surface area contributed by atoms with Gasteiger partial charge in [0.15, 0.2) is 0 Å². The van der Waals surface area contributed by atoms with Crippen molar-refractivity contribution < 1.29 is 23.5 Å². The molecule has 1 saturated heterocycles. The lowest BCUT2D eigenvalue weighted by molar-refractivity contribution is -0.123. The quantitative estimate of drug-likeness (QED) is 0.304. The number of hydrogen-bond acceptors (Lipinski definition) is 7. The number of imidazole rings is 1. The Balaban J connectivity index is 1.27. The number of ketones is 1. The number of benzene rings is 3. The number of carbonyl (C=O) groups is 2. The average molecular weight is 570 g/mol. The number of hydrogen-bond donors (Lipinski definition) is 2. The smallest absolute Gasteiger partial charge is 0.413 e. The Hall–Kier alpha value is -4.86. The van der Waals surface area contributed by atoms with Crippen LogP contribution >= 0.6 is 0 Å². The summed E-state index contributed by atoms with van der Waals surface area (Å²) in [4.78, 5) is 36.2. The molecule has 42 heavy (non-hydrogen) atoms. The first-order valence-corrected chi connectivity index (χ1v) is 14.0. The van der Waals surface area contributed by atoms with Crippen LogP contribution in [0, 0.1) is 5.82 Å². The van der Waals surface area contributed by atoms with E-state index < -0.39 is 6.09 Å². The van der Waals surface area contributed by atoms with Crippen LogP contribution in [0.2, 0.25) is 0 Å². The first kappa shape index (κ1) is 27.3. The standard InChI is InChI=1S/C32H32FN5O4/c1-3-30(38-13-12-25(39)18-28(38)20-4-8-24(33)9-5-20)37-14-15-42-29-11-7-21(16-23(29)19-37)22-6-10-26-27(17-22)35-31(34-26)36-32(40)41-2/h3-11,16-17,28H,12-15,18-19H2,1-2H3,(H2,34,35,36,40)/b30-3+. The molecule has 0 saturated carbocycles. The molecule has 1 amide bonds. The number of aromatic nitrogens is 2. The molecule has 0 spiro atoms. The van der Waals surface area contributed by atoms with E-state index in [1.54, 1.807) is 12.1 Å². The van der Waals surface area contributed by atoms with Gasteiger partial charge in [-0.15, -0.1) is 0 Å². The second kappa shape index (κ2) is 11.6. The molecule has 6 rings (SSSR count). The number of methoxy groups -OCH3 is 1. The Morgan fingerprint density at radius 1 is 1.12 bits per heavy atom. The molecule has 1 atom stereocenters. The largest absolute Gasteiger partial charge is 0.491 e. The van der Waals surface area contributed by atoms with Crippen LogP contribution in [0.25, 0.3) is 22.2 Å². The Labute approximate surface area is 242 Å². The van der Waals surface area contributed by atoms with Gasteiger partial charge in [0.2, 0.25) is 5.95 Å². The van der Waals surface area contributed by atoms with Crippen molar-refractivity contribution in [2.24, 2.45) is 0 Å². The molecule has 216 valence electrons. The van der Waals surface area contributed by atoms with E-state index in [0.717, 1.165) is 44.9 Å². The van der Waals surface area contributed by atoms with E-state index in [4.69, 9.17) is 4.74 Å². The fourth-order valence-corrected chi connectivity index (χ4v) is 5.78. The number of carbonyl (C=O) groups excluding carboxylic acids is 2. The summed E-state index contributed by atoms with van der Waals surface area (Å²) in [5.74, 6) is 2.11. The maximum Gasteiger partial charge on any atom is 0.413 e. The number of nitrogens with zero attached hydrogens (tertiary/aromatic N) is 3. The molecule has 3 heterocycles. The Kier molecular flexibility index (Phi) is 7.52. The van der Waals surface area contributed by atoms with Crippen LogP contribution in [0.5, 0.6) is 5.75 Å². The summed E-state index contributed by atoms with van der Waals surface area (Å²) in [6.45, 7) is 4.44. The number of halogens is 1. The zero-order chi connectivity index (χ0) is 29.2. The van der Waals surface area contributed by atoms with Crippen molar-refractivity contribution in [1.29, 1.82) is 0 Å². The predicted molar refractivity (Wildman–Crippen MR) is 157 cm³/mol. The highest BCUT2D eigenvalue weighted by Crippen LogP contribution is 2.36. The molecule has 10 heteroatoms. The normalized spacial score (nSPS) is 17.5. The number of fused-ring (bicyclic) bond motifs is 2. The first-order chi connectivity index (χ1) is 20.4. The van der Waals surface area contributed by atoms with Crippen LogP contribution in [0.15, 0.2) is 72.6 Å². The predicted octanol–water partition coefficient (Wildman–Crippen LogP) is 6.01. The third-order valence-corrected chi connectivity index (χ3v) is 7.82. The average Bonchev–Trinajstić information content (AvgIpc) is 3.28. The zero-order valence-corrected chi connectivity index (χ0v) is 23.5. The van der Waals surface area contributed by atoms with Crippen LogP contribution in [0.3, 0.4) is 0 Å². The van der Waals surface area contributed by atoms with Crippen molar-refractivity contribution in [3.05, 3.63) is 89.5 Å². The van der Waals surface area contributed by atoms with Gasteiger partial charge in [0.05, 0.1) is 30.7 Å². The number of piperidine rings is 1. The number of rotatable bonds is 5. The van der Waals surface area contributed by atoms with Crippen LogP contribution in [-0.2, 0) is 16.1 Å². The summed E-state index contributed by atoms with van der Waals surface area (Å²) in [7, 11) is 1.30. The van der Waals surface area contributed by atoms with Crippen LogP contribution in [0.1, 0.15) is 36.9 Å². The van der Waals surface area contributed by atoms with Gasteiger partial charge in [0.1, 0.15) is 29.8 Å². The molecular formula is C32H32FN5O4. The highest BCUT2D eigenvalue weighted by atomic mass is 19.1. The van der Waals surface area contributed by atoms with E-state index in [9.17, 15) is 14.0 Å². The SMILES string of the molecule is C/C=C(\N1CCOc2ccc(-c3ccc4nc(NC(=O)OC)[nH]c4c3)cc2C1)N1CCC(=O)CC1c1ccc(F)cc1. The topological polar surface area (TPSA) is 99.8 Å². The Morgan fingerprint density at radius 2 is 1.90 bits per heavy atom. The molecule has 2 aliphatic heterocycles. The van der Waals surface area contributed by atoms with Gasteiger partial charge in [0, 0.05) is 31.5 Å². The molecule has 0 radical (unpaired) electrons. The van der Waals surface area contributed by atoms with Crippen molar-refractivity contribution in [3.63, 3.8) is 0 Å². The summed E-state index contributed by atoms with van der Waals surface area (Å²) in [5, 5.41) is 2.56. The minimum absolute atomic E-state index is 0.160. The van der Waals surface area contributed by atoms with E-state index in [2.05, 4.69) is 42.0 Å². The number of likely N-dealkylation sites (tertiary alicyclic amines) is 1. The van der Waals surface area contributed by atoms with Gasteiger partial charge in [-0.2, -0.15) is 0 Å². The summed E-state index contributed by atoms with van der Waals surface area (Å²) >= 11 is 0. The molecule has 0 bridgehead atoms. The van der Waals surface area contributed by atoms with Gasteiger partial charge < -0.3 is 24.3 Å². The number of allylic oxidation sites excluding steroid dienone is 1. The van der Waals surface area contributed by atoms with E-state index in [1.807, 2.05) is 37.3 Å². The molecule has 1 unspecified atom stereocenters. The van der Waals surface area contributed by atoms with Crippen molar-refractivity contribution in [2.75, 3.05) is 32.1 Å². The van der Waals surface area contributed by atoms with Crippen molar-refractivity contribution in [3.8, 4) is 16.9 Å². The van der Waals surface area contributed by atoms with Crippen LogP contribution < -0.4 is 10.1 Å². The lowest BCUT2D eigenvalue weighted by Gasteiger charge is -2.42. The lowest BCUT2D eigenvalue weighted by Crippen LogP contribution is -2.42. The molecule has 9 nitrogen and oxygen atoms in total. The van der Waals surface area contributed by atoms with Gasteiger partial charge in [0.25, 0.3) is 0 Å². The highest BCUT2D eigenvalue weighted by Gasteiger charge is 2.32. The minimum atomic E-state index is -0.592. The third kappa shape index (κ3) is 5.52. The molecule has 2 aliphatic rings. The van der Waals surface area contributed by atoms with E-state index in [-0.39, 0.29) is 17.6 Å². The van der Waals surface area contributed by atoms with Gasteiger partial charge >= 0.3 is 6.09 Å². The fraction of sp³-hybridized carbons (Fsp3) is 0.281. The number of aromatic amines is 1. The molecule has 0 aliphatic carbocycles. The maximum absolute atomic E-state index is 13.7. The van der Waals surface area contributed by atoms with Crippen LogP contribution in [-0.4, -0.2) is 58.5 Å². The Morgan fingerprint density at radius 3 is 2.69 bits per heavy atom. The zero-order valence-electron chi connectivity index (χ0n) is 23.5. The van der Waals surface area contributed by atoms with Crippen molar-refractivity contribution in [1.82, 2.24) is 19.8 Å². The second-order valence-electron chi connectivity index (χ2n) is 10.4. The monoisotopic (exact) mass is 569 g/mol. The molecule has 3 aromatic carbocycles. The molecule has 4 aromatic rings. The van der Waals surface area contributed by atoms with Gasteiger partial charge in [-0.3, -0.25) is 10.1 Å². The number of anilines is 1. The molecule has 1 fully saturated rings. The lowest BCUT2D eigenvalue weighted by atomic mass is 9.94.